The number of ether oxygens (including phenoxy) is 1. The molecule has 0 unspecified atom stereocenters. The van der Waals surface area contributed by atoms with Gasteiger partial charge in [-0.1, -0.05) is 12.1 Å². The molecule has 22 heavy (non-hydrogen) atoms. The predicted octanol–water partition coefficient (Wildman–Crippen LogP) is 0.432. The third kappa shape index (κ3) is 4.47. The number of rotatable bonds is 6. The molecule has 1 aliphatic rings. The maximum atomic E-state index is 11.7. The van der Waals surface area contributed by atoms with Crippen molar-refractivity contribution in [2.75, 3.05) is 26.2 Å². The molecular weight excluding hydrogens is 286 g/mol. The zero-order chi connectivity index (χ0) is 15.9. The number of amides is 4. The van der Waals surface area contributed by atoms with E-state index in [1.54, 1.807) is 0 Å². The van der Waals surface area contributed by atoms with Crippen molar-refractivity contribution in [2.45, 2.75) is 13.3 Å². The van der Waals surface area contributed by atoms with Crippen LogP contribution >= 0.6 is 0 Å². The molecule has 118 valence electrons. The number of imide groups is 1. The Morgan fingerprint density at radius 1 is 1.41 bits per heavy atom. The van der Waals surface area contributed by atoms with Crippen molar-refractivity contribution >= 4 is 17.8 Å². The average Bonchev–Trinajstić information content (AvgIpc) is 2.48. The molecule has 1 aliphatic heterocycles. The van der Waals surface area contributed by atoms with E-state index in [0.29, 0.717) is 19.7 Å². The Morgan fingerprint density at radius 3 is 2.95 bits per heavy atom. The van der Waals surface area contributed by atoms with Crippen LogP contribution < -0.4 is 15.4 Å². The summed E-state index contributed by atoms with van der Waals surface area (Å²) in [6.45, 7) is 2.64. The molecule has 0 saturated carbocycles. The number of hydrogen-bond donors (Lipinski definition) is 2. The highest BCUT2D eigenvalue weighted by atomic mass is 16.5. The van der Waals surface area contributed by atoms with E-state index in [1.807, 2.05) is 31.2 Å². The monoisotopic (exact) mass is 305 g/mol. The topological polar surface area (TPSA) is 87.7 Å². The molecule has 0 atom stereocenters. The van der Waals surface area contributed by atoms with Gasteiger partial charge in [-0.25, -0.2) is 4.79 Å². The summed E-state index contributed by atoms with van der Waals surface area (Å²) in [6, 6.07) is 7.07. The summed E-state index contributed by atoms with van der Waals surface area (Å²) in [7, 11) is 0. The summed E-state index contributed by atoms with van der Waals surface area (Å²) in [6.07, 6.45) is 0.218. The van der Waals surface area contributed by atoms with Crippen molar-refractivity contribution in [1.82, 2.24) is 15.5 Å². The zero-order valence-electron chi connectivity index (χ0n) is 12.4. The van der Waals surface area contributed by atoms with Gasteiger partial charge in [0.05, 0.1) is 6.54 Å². The van der Waals surface area contributed by atoms with Crippen LogP contribution in [0.15, 0.2) is 24.3 Å². The van der Waals surface area contributed by atoms with E-state index < -0.39 is 11.9 Å². The third-order valence-corrected chi connectivity index (χ3v) is 3.15. The fourth-order valence-electron chi connectivity index (χ4n) is 2.04. The lowest BCUT2D eigenvalue weighted by molar-refractivity contribution is -0.134. The zero-order valence-corrected chi connectivity index (χ0v) is 12.4. The van der Waals surface area contributed by atoms with Gasteiger partial charge in [-0.15, -0.1) is 0 Å². The van der Waals surface area contributed by atoms with Crippen LogP contribution in [0.4, 0.5) is 4.79 Å². The lowest BCUT2D eigenvalue weighted by Gasteiger charge is -2.24. The summed E-state index contributed by atoms with van der Waals surface area (Å²) in [5, 5.41) is 5.14. The first-order chi connectivity index (χ1) is 10.6. The predicted molar refractivity (Wildman–Crippen MR) is 79.4 cm³/mol. The molecule has 1 aromatic carbocycles. The molecule has 4 amide bonds. The van der Waals surface area contributed by atoms with Crippen molar-refractivity contribution in [1.29, 1.82) is 0 Å². The first-order valence-electron chi connectivity index (χ1n) is 7.10. The smallest absolute Gasteiger partial charge is 0.324 e. The van der Waals surface area contributed by atoms with E-state index in [9.17, 15) is 14.4 Å². The number of nitrogens with zero attached hydrogens (tertiary/aromatic N) is 1. The minimum Gasteiger partial charge on any atom is -0.492 e. The van der Waals surface area contributed by atoms with Gasteiger partial charge in [0, 0.05) is 13.0 Å². The van der Waals surface area contributed by atoms with Crippen molar-refractivity contribution in [2.24, 2.45) is 0 Å². The van der Waals surface area contributed by atoms with Crippen molar-refractivity contribution in [3.8, 4) is 5.75 Å². The Labute approximate surface area is 128 Å². The second-order valence-electron chi connectivity index (χ2n) is 4.98. The second-order valence-corrected chi connectivity index (χ2v) is 4.98. The van der Waals surface area contributed by atoms with Crippen molar-refractivity contribution in [3.63, 3.8) is 0 Å². The Kier molecular flexibility index (Phi) is 5.35. The van der Waals surface area contributed by atoms with Crippen LogP contribution in [0.2, 0.25) is 0 Å². The van der Waals surface area contributed by atoms with Gasteiger partial charge in [0.1, 0.15) is 18.9 Å². The summed E-state index contributed by atoms with van der Waals surface area (Å²) >= 11 is 0. The van der Waals surface area contributed by atoms with Crippen molar-refractivity contribution < 1.29 is 19.1 Å². The van der Waals surface area contributed by atoms with Crippen LogP contribution in [-0.4, -0.2) is 49.0 Å². The highest BCUT2D eigenvalue weighted by Crippen LogP contribution is 2.11. The SMILES string of the molecule is Cc1cccc(OCCNC(=O)CN2C(=O)CCNC2=O)c1. The molecule has 0 spiro atoms. The van der Waals surface area contributed by atoms with Crippen LogP contribution in [0.5, 0.6) is 5.75 Å². The van der Waals surface area contributed by atoms with E-state index in [4.69, 9.17) is 4.74 Å². The fourth-order valence-corrected chi connectivity index (χ4v) is 2.04. The Morgan fingerprint density at radius 2 is 2.23 bits per heavy atom. The highest BCUT2D eigenvalue weighted by Gasteiger charge is 2.27. The lowest BCUT2D eigenvalue weighted by Crippen LogP contribution is -2.53. The van der Waals surface area contributed by atoms with Gasteiger partial charge in [-0.3, -0.25) is 14.5 Å². The van der Waals surface area contributed by atoms with Crippen molar-refractivity contribution in [3.05, 3.63) is 29.8 Å². The van der Waals surface area contributed by atoms with Gasteiger partial charge in [0.15, 0.2) is 0 Å². The summed E-state index contributed by atoms with van der Waals surface area (Å²) in [5.74, 6) is 0.00740. The summed E-state index contributed by atoms with van der Waals surface area (Å²) in [5.41, 5.74) is 1.09. The molecule has 0 aliphatic carbocycles. The minimum absolute atomic E-state index is 0.218. The highest BCUT2D eigenvalue weighted by molar-refractivity contribution is 6.00. The molecular formula is C15H19N3O4. The number of hydrogen-bond acceptors (Lipinski definition) is 4. The number of nitrogens with one attached hydrogen (secondary N) is 2. The molecule has 1 fully saturated rings. The summed E-state index contributed by atoms with van der Waals surface area (Å²) < 4.78 is 5.49. The largest absolute Gasteiger partial charge is 0.492 e. The number of aryl methyl sites for hydroxylation is 1. The first kappa shape index (κ1) is 15.8. The molecule has 2 N–H and O–H groups in total. The number of urea groups is 1. The second kappa shape index (κ2) is 7.44. The molecule has 0 aromatic heterocycles. The number of carbonyl (C=O) groups excluding carboxylic acids is 3. The van der Waals surface area contributed by atoms with E-state index in [-0.39, 0.29) is 18.9 Å². The number of benzene rings is 1. The fraction of sp³-hybridized carbons (Fsp3) is 0.400. The quantitative estimate of drug-likeness (QED) is 0.746. The third-order valence-electron chi connectivity index (χ3n) is 3.15. The van der Waals surface area contributed by atoms with Gasteiger partial charge < -0.3 is 15.4 Å². The van der Waals surface area contributed by atoms with Gasteiger partial charge in [0.25, 0.3) is 0 Å². The Balaban J connectivity index is 1.69. The van der Waals surface area contributed by atoms with Crippen LogP contribution in [-0.2, 0) is 9.59 Å². The Bertz CT molecular complexity index is 558. The molecule has 1 aromatic rings. The molecule has 7 heteroatoms. The lowest BCUT2D eigenvalue weighted by atomic mass is 10.2. The van der Waals surface area contributed by atoms with Gasteiger partial charge in [-0.05, 0) is 24.6 Å². The molecule has 1 heterocycles. The molecule has 0 radical (unpaired) electrons. The average molecular weight is 305 g/mol. The minimum atomic E-state index is -0.526. The molecule has 1 saturated heterocycles. The maximum Gasteiger partial charge on any atom is 0.324 e. The van der Waals surface area contributed by atoms with E-state index in [2.05, 4.69) is 10.6 Å². The molecule has 0 bridgehead atoms. The standard InChI is InChI=1S/C15H19N3O4/c1-11-3-2-4-12(9-11)22-8-7-16-13(19)10-18-14(20)5-6-17-15(18)21/h2-4,9H,5-8,10H2,1H3,(H,16,19)(H,17,21). The van der Waals surface area contributed by atoms with Gasteiger partial charge in [-0.2, -0.15) is 0 Å². The van der Waals surface area contributed by atoms with E-state index in [1.165, 1.54) is 0 Å². The maximum absolute atomic E-state index is 11.7. The van der Waals surface area contributed by atoms with Crippen LogP contribution in [0.25, 0.3) is 0 Å². The van der Waals surface area contributed by atoms with Gasteiger partial charge >= 0.3 is 6.03 Å². The van der Waals surface area contributed by atoms with Gasteiger partial charge in [0.2, 0.25) is 11.8 Å². The van der Waals surface area contributed by atoms with Crippen LogP contribution in [0, 0.1) is 6.92 Å². The molecule has 7 nitrogen and oxygen atoms in total. The molecule has 2 rings (SSSR count). The van der Waals surface area contributed by atoms with E-state index in [0.717, 1.165) is 16.2 Å². The Hall–Kier alpha value is -2.57. The van der Waals surface area contributed by atoms with E-state index >= 15 is 0 Å². The van der Waals surface area contributed by atoms with Crippen LogP contribution in [0.1, 0.15) is 12.0 Å². The normalized spacial score (nSPS) is 14.5. The summed E-state index contributed by atoms with van der Waals surface area (Å²) in [4.78, 5) is 35.7. The van der Waals surface area contributed by atoms with Crippen LogP contribution in [0.3, 0.4) is 0 Å². The first-order valence-corrected chi connectivity index (χ1v) is 7.10. The number of carbonyl (C=O) groups is 3.